The predicted octanol–water partition coefficient (Wildman–Crippen LogP) is 3.04. The number of benzene rings is 1. The topological polar surface area (TPSA) is 115 Å². The highest BCUT2D eigenvalue weighted by Crippen LogP contribution is 2.14. The van der Waals surface area contributed by atoms with Gasteiger partial charge in [0.1, 0.15) is 18.2 Å². The van der Waals surface area contributed by atoms with Crippen LogP contribution in [0, 0.1) is 0 Å². The van der Waals surface area contributed by atoms with Gasteiger partial charge < -0.3 is 19.5 Å². The summed E-state index contributed by atoms with van der Waals surface area (Å²) < 4.78 is 16.0. The third-order valence-corrected chi connectivity index (χ3v) is 3.46. The van der Waals surface area contributed by atoms with E-state index in [0.29, 0.717) is 0 Å². The third-order valence-electron chi connectivity index (χ3n) is 3.46. The molecule has 0 bridgehead atoms. The van der Waals surface area contributed by atoms with Gasteiger partial charge in [0.15, 0.2) is 0 Å². The van der Waals surface area contributed by atoms with E-state index < -0.39 is 41.4 Å². The van der Waals surface area contributed by atoms with E-state index in [1.54, 1.807) is 27.7 Å². The molecule has 0 aromatic heterocycles. The number of hydrazine groups is 1. The SMILES string of the molecule is C[C@@H](OC(C)(C)C)[C@H](NC(=O)OCc1ccccc1)C(=O)NNC(=O)OC(C)(C)C. The van der Waals surface area contributed by atoms with Crippen LogP contribution in [0.3, 0.4) is 0 Å². The second-order valence-corrected chi connectivity index (χ2v) is 8.74. The van der Waals surface area contributed by atoms with Crippen molar-refractivity contribution in [2.45, 2.75) is 78.4 Å². The summed E-state index contributed by atoms with van der Waals surface area (Å²) in [5.41, 5.74) is 3.91. The van der Waals surface area contributed by atoms with Gasteiger partial charge in [-0.15, -0.1) is 0 Å². The maximum atomic E-state index is 12.6. The van der Waals surface area contributed by atoms with Crippen LogP contribution < -0.4 is 16.2 Å². The number of carbonyl (C=O) groups is 3. The van der Waals surface area contributed by atoms with Crippen molar-refractivity contribution < 1.29 is 28.6 Å². The average Bonchev–Trinajstić information content (AvgIpc) is 2.60. The van der Waals surface area contributed by atoms with Gasteiger partial charge in [0.2, 0.25) is 0 Å². The molecule has 0 radical (unpaired) electrons. The van der Waals surface area contributed by atoms with Gasteiger partial charge >= 0.3 is 12.2 Å². The number of nitrogens with one attached hydrogen (secondary N) is 3. The second kappa shape index (κ2) is 10.8. The van der Waals surface area contributed by atoms with Gasteiger partial charge in [-0.3, -0.25) is 10.2 Å². The molecule has 1 rings (SSSR count). The molecule has 3 N–H and O–H groups in total. The second-order valence-electron chi connectivity index (χ2n) is 8.74. The molecule has 168 valence electrons. The quantitative estimate of drug-likeness (QED) is 0.606. The lowest BCUT2D eigenvalue weighted by Crippen LogP contribution is -2.58. The first-order valence-electron chi connectivity index (χ1n) is 9.71. The van der Waals surface area contributed by atoms with Gasteiger partial charge in [-0.1, -0.05) is 30.3 Å². The highest BCUT2D eigenvalue weighted by Gasteiger charge is 2.31. The van der Waals surface area contributed by atoms with E-state index in [4.69, 9.17) is 14.2 Å². The van der Waals surface area contributed by atoms with Crippen LogP contribution in [-0.2, 0) is 25.6 Å². The third kappa shape index (κ3) is 10.7. The van der Waals surface area contributed by atoms with Gasteiger partial charge in [-0.05, 0) is 54.0 Å². The Bertz CT molecular complexity index is 710. The van der Waals surface area contributed by atoms with Crippen molar-refractivity contribution in [1.29, 1.82) is 0 Å². The summed E-state index contributed by atoms with van der Waals surface area (Å²) in [7, 11) is 0. The van der Waals surface area contributed by atoms with Gasteiger partial charge in [-0.25, -0.2) is 15.0 Å². The summed E-state index contributed by atoms with van der Waals surface area (Å²) in [6.45, 7) is 12.2. The highest BCUT2D eigenvalue weighted by molar-refractivity contribution is 5.87. The molecular weight excluding hydrogens is 390 g/mol. The normalized spacial score (nSPS) is 13.6. The zero-order valence-corrected chi connectivity index (χ0v) is 18.7. The van der Waals surface area contributed by atoms with Crippen molar-refractivity contribution in [2.75, 3.05) is 0 Å². The van der Waals surface area contributed by atoms with Crippen LogP contribution in [0.2, 0.25) is 0 Å². The molecule has 30 heavy (non-hydrogen) atoms. The Labute approximate surface area is 177 Å². The molecule has 0 aliphatic carbocycles. The first-order valence-corrected chi connectivity index (χ1v) is 9.71. The first kappa shape index (κ1) is 25.2. The molecule has 0 aliphatic rings. The zero-order chi connectivity index (χ0) is 22.9. The van der Waals surface area contributed by atoms with Crippen molar-refractivity contribution in [3.8, 4) is 0 Å². The minimum atomic E-state index is -1.12. The highest BCUT2D eigenvalue weighted by atomic mass is 16.6. The van der Waals surface area contributed by atoms with Gasteiger partial charge in [0.25, 0.3) is 5.91 Å². The number of alkyl carbamates (subject to hydrolysis) is 1. The lowest BCUT2D eigenvalue weighted by Gasteiger charge is -2.30. The lowest BCUT2D eigenvalue weighted by atomic mass is 10.1. The Kier molecular flexibility index (Phi) is 9.10. The van der Waals surface area contributed by atoms with Crippen LogP contribution >= 0.6 is 0 Å². The maximum absolute atomic E-state index is 12.6. The summed E-state index contributed by atoms with van der Waals surface area (Å²) >= 11 is 0. The van der Waals surface area contributed by atoms with E-state index in [1.165, 1.54) is 0 Å². The summed E-state index contributed by atoms with van der Waals surface area (Å²) in [4.78, 5) is 36.6. The fraction of sp³-hybridized carbons (Fsp3) is 0.571. The van der Waals surface area contributed by atoms with Crippen LogP contribution in [-0.4, -0.2) is 41.4 Å². The molecule has 9 nitrogen and oxygen atoms in total. The molecule has 1 aromatic carbocycles. The average molecular weight is 424 g/mol. The van der Waals surface area contributed by atoms with E-state index in [2.05, 4.69) is 16.2 Å². The monoisotopic (exact) mass is 423 g/mol. The van der Waals surface area contributed by atoms with Crippen molar-refractivity contribution in [1.82, 2.24) is 16.2 Å². The number of hydrogen-bond donors (Lipinski definition) is 3. The van der Waals surface area contributed by atoms with Gasteiger partial charge in [-0.2, -0.15) is 0 Å². The molecule has 0 spiro atoms. The molecular formula is C21H33N3O6. The van der Waals surface area contributed by atoms with Crippen LogP contribution in [0.25, 0.3) is 0 Å². The molecule has 2 atom stereocenters. The zero-order valence-electron chi connectivity index (χ0n) is 18.7. The summed E-state index contributed by atoms with van der Waals surface area (Å²) in [5.74, 6) is -0.686. The van der Waals surface area contributed by atoms with Crippen LogP contribution in [0.4, 0.5) is 9.59 Å². The molecule has 0 heterocycles. The van der Waals surface area contributed by atoms with Gasteiger partial charge in [0.05, 0.1) is 11.7 Å². The standard InChI is InChI=1S/C21H33N3O6/c1-14(29-20(2,3)4)16(17(25)23-24-19(27)30-21(5,6)7)22-18(26)28-13-15-11-9-8-10-12-15/h8-12,14,16H,13H2,1-7H3,(H,22,26)(H,23,25)(H,24,27)/t14-,16+/m1/s1. The van der Waals surface area contributed by atoms with Crippen molar-refractivity contribution in [2.24, 2.45) is 0 Å². The lowest BCUT2D eigenvalue weighted by molar-refractivity contribution is -0.132. The first-order chi connectivity index (χ1) is 13.8. The Morgan fingerprint density at radius 1 is 0.900 bits per heavy atom. The Morgan fingerprint density at radius 3 is 2.03 bits per heavy atom. The van der Waals surface area contributed by atoms with Gasteiger partial charge in [0, 0.05) is 0 Å². The van der Waals surface area contributed by atoms with Crippen molar-refractivity contribution in [3.63, 3.8) is 0 Å². The molecule has 0 unspecified atom stereocenters. The molecule has 0 saturated heterocycles. The molecule has 9 heteroatoms. The molecule has 0 saturated carbocycles. The van der Waals surface area contributed by atoms with E-state index in [-0.39, 0.29) is 6.61 Å². The van der Waals surface area contributed by atoms with E-state index >= 15 is 0 Å². The maximum Gasteiger partial charge on any atom is 0.426 e. The summed E-state index contributed by atoms with van der Waals surface area (Å²) in [6, 6.07) is 8.01. The van der Waals surface area contributed by atoms with E-state index in [1.807, 2.05) is 51.1 Å². The van der Waals surface area contributed by atoms with Crippen LogP contribution in [0.15, 0.2) is 30.3 Å². The fourth-order valence-corrected chi connectivity index (χ4v) is 2.41. The summed E-state index contributed by atoms with van der Waals surface area (Å²) in [5, 5.41) is 2.49. The number of hydrogen-bond acceptors (Lipinski definition) is 6. The summed E-state index contributed by atoms with van der Waals surface area (Å²) in [6.07, 6.45) is -2.33. The Hall–Kier alpha value is -2.81. The van der Waals surface area contributed by atoms with Crippen LogP contribution in [0.1, 0.15) is 54.0 Å². The largest absolute Gasteiger partial charge is 0.445 e. The fourth-order valence-electron chi connectivity index (χ4n) is 2.41. The van der Waals surface area contributed by atoms with Crippen LogP contribution in [0.5, 0.6) is 0 Å². The Morgan fingerprint density at radius 2 is 1.50 bits per heavy atom. The number of ether oxygens (including phenoxy) is 3. The predicted molar refractivity (Wildman–Crippen MR) is 111 cm³/mol. The minimum Gasteiger partial charge on any atom is -0.445 e. The molecule has 0 aliphatic heterocycles. The number of carbonyl (C=O) groups excluding carboxylic acids is 3. The minimum absolute atomic E-state index is 0.0473. The number of amides is 3. The smallest absolute Gasteiger partial charge is 0.426 e. The van der Waals surface area contributed by atoms with E-state index in [9.17, 15) is 14.4 Å². The number of rotatable bonds is 6. The molecule has 1 aromatic rings. The Balaban J connectivity index is 2.74. The van der Waals surface area contributed by atoms with Crippen molar-refractivity contribution in [3.05, 3.63) is 35.9 Å². The van der Waals surface area contributed by atoms with Crippen molar-refractivity contribution >= 4 is 18.1 Å². The molecule has 3 amide bonds. The van der Waals surface area contributed by atoms with E-state index in [0.717, 1.165) is 5.56 Å². The molecule has 0 fully saturated rings.